The molecule has 3 aromatic rings. The monoisotopic (exact) mass is 344 g/mol. The average molecular weight is 344 g/mol. The summed E-state index contributed by atoms with van der Waals surface area (Å²) in [6, 6.07) is 20.4. The predicted molar refractivity (Wildman–Crippen MR) is 96.5 cm³/mol. The zero-order valence-corrected chi connectivity index (χ0v) is 13.9. The van der Waals surface area contributed by atoms with E-state index in [1.165, 1.54) is 0 Å². The van der Waals surface area contributed by atoms with Crippen LogP contribution in [0.2, 0.25) is 0 Å². The first-order valence-electron chi connectivity index (χ1n) is 8.19. The summed E-state index contributed by atoms with van der Waals surface area (Å²) in [5.41, 5.74) is 2.31. The number of fused-ring (bicyclic) bond motifs is 1. The molecule has 5 nitrogen and oxygen atoms in total. The largest absolute Gasteiger partial charge is 0.854 e. The molecule has 2 aromatic carbocycles. The van der Waals surface area contributed by atoms with Crippen molar-refractivity contribution in [1.82, 2.24) is 0 Å². The van der Waals surface area contributed by atoms with Gasteiger partial charge in [-0.1, -0.05) is 41.1 Å². The molecule has 1 aliphatic rings. The van der Waals surface area contributed by atoms with Crippen LogP contribution in [-0.2, 0) is 0 Å². The van der Waals surface area contributed by atoms with Crippen LogP contribution >= 0.6 is 0 Å². The Morgan fingerprint density at radius 1 is 0.923 bits per heavy atom. The molecule has 1 aliphatic heterocycles. The van der Waals surface area contributed by atoms with Crippen LogP contribution in [0.25, 0.3) is 12.2 Å². The zero-order valence-electron chi connectivity index (χ0n) is 13.9. The van der Waals surface area contributed by atoms with Gasteiger partial charge in [-0.3, -0.25) is 0 Å². The van der Waals surface area contributed by atoms with Gasteiger partial charge in [0.25, 0.3) is 0 Å². The highest BCUT2D eigenvalue weighted by Crippen LogP contribution is 2.32. The minimum Gasteiger partial charge on any atom is -0.854 e. The fraction of sp³-hybridized carbons (Fsp3) is 0.0476. The summed E-state index contributed by atoms with van der Waals surface area (Å²) in [6.07, 6.45) is 5.59. The normalized spacial score (nSPS) is 13.3. The van der Waals surface area contributed by atoms with E-state index in [1.54, 1.807) is 23.0 Å². The Kier molecular flexibility index (Phi) is 4.35. The van der Waals surface area contributed by atoms with E-state index in [2.05, 4.69) is 5.10 Å². The number of nitrogens with zero attached hydrogens (tertiary/aromatic N) is 2. The third kappa shape index (κ3) is 3.42. The molecule has 2 heterocycles. The van der Waals surface area contributed by atoms with Gasteiger partial charge in [0.2, 0.25) is 18.7 Å². The Balaban J connectivity index is 1.62. The Morgan fingerprint density at radius 2 is 1.73 bits per heavy atom. The fourth-order valence-electron chi connectivity index (χ4n) is 2.61. The lowest BCUT2D eigenvalue weighted by Crippen LogP contribution is -2.36. The van der Waals surface area contributed by atoms with Gasteiger partial charge in [-0.25, -0.2) is 0 Å². The summed E-state index contributed by atoms with van der Waals surface area (Å²) in [5.74, 6) is 1.19. The highest BCUT2D eigenvalue weighted by molar-refractivity contribution is 5.89. The van der Waals surface area contributed by atoms with Crippen molar-refractivity contribution in [2.45, 2.75) is 0 Å². The van der Waals surface area contributed by atoms with Crippen LogP contribution in [-0.4, -0.2) is 12.7 Å². The first-order valence-corrected chi connectivity index (χ1v) is 8.19. The van der Waals surface area contributed by atoms with E-state index in [0.717, 1.165) is 22.8 Å². The van der Waals surface area contributed by atoms with Crippen LogP contribution in [0.15, 0.2) is 78.0 Å². The summed E-state index contributed by atoms with van der Waals surface area (Å²) < 4.78 is 12.3. The minimum atomic E-state index is -0.292. The molecule has 0 spiro atoms. The number of hydrogen-bond acceptors (Lipinski definition) is 4. The van der Waals surface area contributed by atoms with Crippen LogP contribution in [0.4, 0.5) is 0 Å². The summed E-state index contributed by atoms with van der Waals surface area (Å²) >= 11 is 0. The first kappa shape index (κ1) is 15.9. The molecule has 0 N–H and O–H groups in total. The molecule has 0 bridgehead atoms. The van der Waals surface area contributed by atoms with Gasteiger partial charge in [0.15, 0.2) is 11.5 Å². The quantitative estimate of drug-likeness (QED) is 0.415. The van der Waals surface area contributed by atoms with E-state index >= 15 is 0 Å². The lowest BCUT2D eigenvalue weighted by atomic mass is 10.1. The molecule has 4 rings (SSSR count). The van der Waals surface area contributed by atoms with Crippen LogP contribution < -0.4 is 19.3 Å². The van der Waals surface area contributed by atoms with Gasteiger partial charge in [-0.15, -0.1) is 0 Å². The van der Waals surface area contributed by atoms with Crippen LogP contribution in [0.3, 0.4) is 0 Å². The van der Waals surface area contributed by atoms with Crippen molar-refractivity contribution in [2.24, 2.45) is 5.10 Å². The third-order valence-electron chi connectivity index (χ3n) is 3.93. The second-order valence-corrected chi connectivity index (χ2v) is 5.69. The lowest BCUT2D eigenvalue weighted by Gasteiger charge is -2.06. The van der Waals surface area contributed by atoms with E-state index in [4.69, 9.17) is 9.47 Å². The van der Waals surface area contributed by atoms with Crippen molar-refractivity contribution in [3.8, 4) is 11.5 Å². The summed E-state index contributed by atoms with van der Waals surface area (Å²) in [6.45, 7) is 0.252. The van der Waals surface area contributed by atoms with Crippen molar-refractivity contribution in [1.29, 1.82) is 0 Å². The maximum absolute atomic E-state index is 12.3. The minimum absolute atomic E-state index is 0.252. The topological polar surface area (TPSA) is 57.8 Å². The number of pyridine rings is 1. The third-order valence-corrected chi connectivity index (χ3v) is 3.93. The second-order valence-electron chi connectivity index (χ2n) is 5.69. The van der Waals surface area contributed by atoms with E-state index in [1.807, 2.05) is 66.7 Å². The summed E-state index contributed by atoms with van der Waals surface area (Å²) in [7, 11) is 0. The number of benzene rings is 2. The second kappa shape index (κ2) is 7.11. The predicted octanol–water partition coefficient (Wildman–Crippen LogP) is 2.44. The van der Waals surface area contributed by atoms with Crippen molar-refractivity contribution >= 4 is 18.0 Å². The number of rotatable bonds is 4. The fourth-order valence-corrected chi connectivity index (χ4v) is 2.61. The van der Waals surface area contributed by atoms with Crippen LogP contribution in [0.5, 0.6) is 11.5 Å². The Morgan fingerprint density at radius 3 is 2.62 bits per heavy atom. The summed E-state index contributed by atoms with van der Waals surface area (Å²) in [4.78, 5) is 0. The van der Waals surface area contributed by atoms with E-state index in [9.17, 15) is 5.11 Å². The first-order chi connectivity index (χ1) is 12.8. The Labute approximate surface area is 151 Å². The van der Waals surface area contributed by atoms with Crippen molar-refractivity contribution in [2.75, 3.05) is 6.79 Å². The molecule has 0 unspecified atom stereocenters. The molecular weight excluding hydrogens is 328 g/mol. The average Bonchev–Trinajstić information content (AvgIpc) is 3.16. The van der Waals surface area contributed by atoms with Crippen molar-refractivity contribution < 1.29 is 19.3 Å². The molecule has 0 saturated heterocycles. The molecule has 0 aliphatic carbocycles. The maximum atomic E-state index is 12.3. The van der Waals surface area contributed by atoms with E-state index < -0.39 is 0 Å². The standard InChI is InChI=1S/C21H16N2O3/c24-21(17-6-2-1-3-7-17)22-23-13-5-4-8-18(23)11-9-16-10-12-19-20(14-16)26-15-25-19/h1-14H,15H2/b11-9+. The van der Waals surface area contributed by atoms with Crippen molar-refractivity contribution in [3.63, 3.8) is 0 Å². The van der Waals surface area contributed by atoms with Gasteiger partial charge in [0, 0.05) is 18.2 Å². The molecule has 0 saturated carbocycles. The lowest BCUT2D eigenvalue weighted by molar-refractivity contribution is -0.683. The highest BCUT2D eigenvalue weighted by Gasteiger charge is 2.12. The molecule has 0 fully saturated rings. The Hall–Kier alpha value is -3.60. The number of ether oxygens (including phenoxy) is 2. The molecule has 26 heavy (non-hydrogen) atoms. The van der Waals surface area contributed by atoms with Crippen molar-refractivity contribution in [3.05, 3.63) is 89.7 Å². The smallest absolute Gasteiger partial charge is 0.238 e. The molecule has 0 radical (unpaired) electrons. The van der Waals surface area contributed by atoms with Gasteiger partial charge in [-0.05, 0) is 40.5 Å². The molecular formula is C21H16N2O3. The van der Waals surface area contributed by atoms with Crippen LogP contribution in [0.1, 0.15) is 16.8 Å². The van der Waals surface area contributed by atoms with E-state index in [-0.39, 0.29) is 12.7 Å². The van der Waals surface area contributed by atoms with Crippen LogP contribution in [0, 0.1) is 0 Å². The zero-order chi connectivity index (χ0) is 17.8. The molecule has 128 valence electrons. The van der Waals surface area contributed by atoms with Gasteiger partial charge in [0.1, 0.15) is 0 Å². The molecule has 1 aromatic heterocycles. The number of aromatic nitrogens is 1. The Bertz CT molecular complexity index is 982. The molecule has 0 atom stereocenters. The maximum Gasteiger partial charge on any atom is 0.238 e. The number of hydrogen-bond donors (Lipinski definition) is 0. The van der Waals surface area contributed by atoms with E-state index in [0.29, 0.717) is 5.56 Å². The molecule has 0 amide bonds. The van der Waals surface area contributed by atoms with Gasteiger partial charge in [-0.2, -0.15) is 0 Å². The summed E-state index contributed by atoms with van der Waals surface area (Å²) in [5, 5.41) is 16.5. The van der Waals surface area contributed by atoms with Gasteiger partial charge >= 0.3 is 0 Å². The van der Waals surface area contributed by atoms with Gasteiger partial charge < -0.3 is 14.6 Å². The molecule has 5 heteroatoms. The highest BCUT2D eigenvalue weighted by atomic mass is 16.7. The SMILES string of the molecule is [O-]/C(=N\[n+]1ccccc1/C=C/c1ccc2c(c1)OCO2)c1ccccc1. The van der Waals surface area contributed by atoms with Gasteiger partial charge in [0.05, 0.1) is 5.90 Å².